The van der Waals surface area contributed by atoms with Crippen molar-refractivity contribution in [2.45, 2.75) is 51.9 Å². The van der Waals surface area contributed by atoms with Crippen LogP contribution in [0.1, 0.15) is 51.3 Å². The van der Waals surface area contributed by atoms with Crippen LogP contribution in [0.2, 0.25) is 0 Å². The van der Waals surface area contributed by atoms with E-state index in [0.29, 0.717) is 6.42 Å². The van der Waals surface area contributed by atoms with Crippen LogP contribution < -0.4 is 0 Å². The molecule has 1 aromatic rings. The van der Waals surface area contributed by atoms with Crippen LogP contribution in [0.5, 0.6) is 0 Å². The number of amides is 1. The van der Waals surface area contributed by atoms with Gasteiger partial charge >= 0.3 is 18.2 Å². The molecule has 1 atom stereocenters. The number of hydrogen-bond acceptors (Lipinski definition) is 3. The van der Waals surface area contributed by atoms with E-state index in [-0.39, 0.29) is 12.1 Å². The number of benzene rings is 1. The highest BCUT2D eigenvalue weighted by atomic mass is 19.4. The Labute approximate surface area is 144 Å². The summed E-state index contributed by atoms with van der Waals surface area (Å²) in [6, 6.07) is 2.39. The van der Waals surface area contributed by atoms with Crippen LogP contribution in [0.25, 0.3) is 0 Å². The second-order valence-corrected chi connectivity index (χ2v) is 6.54. The van der Waals surface area contributed by atoms with Crippen molar-refractivity contribution in [3.8, 4) is 0 Å². The van der Waals surface area contributed by atoms with Gasteiger partial charge in [0.1, 0.15) is 5.60 Å². The van der Waals surface area contributed by atoms with Crippen LogP contribution in [0.3, 0.4) is 0 Å². The SMILES string of the molecule is CCCN(C(=O)OC(C)(C)C)C(C(=O)O)c1cccc(C(F)(F)F)c1. The zero-order valence-corrected chi connectivity index (χ0v) is 14.6. The van der Waals surface area contributed by atoms with Crippen molar-refractivity contribution in [3.05, 3.63) is 35.4 Å². The smallest absolute Gasteiger partial charge is 0.416 e. The monoisotopic (exact) mass is 361 g/mol. The average molecular weight is 361 g/mol. The van der Waals surface area contributed by atoms with Gasteiger partial charge in [-0.25, -0.2) is 9.59 Å². The van der Waals surface area contributed by atoms with Crippen molar-refractivity contribution in [2.75, 3.05) is 6.54 Å². The van der Waals surface area contributed by atoms with Crippen molar-refractivity contribution < 1.29 is 32.6 Å². The lowest BCUT2D eigenvalue weighted by molar-refractivity contribution is -0.144. The molecular weight excluding hydrogens is 339 g/mol. The molecule has 5 nitrogen and oxygen atoms in total. The average Bonchev–Trinajstić information content (AvgIpc) is 2.44. The normalized spacial score (nSPS) is 13.2. The van der Waals surface area contributed by atoms with Crippen LogP contribution in [0, 0.1) is 0 Å². The van der Waals surface area contributed by atoms with Crippen molar-refractivity contribution in [3.63, 3.8) is 0 Å². The van der Waals surface area contributed by atoms with Gasteiger partial charge in [-0.2, -0.15) is 13.2 Å². The molecule has 0 radical (unpaired) electrons. The Kier molecular flexibility index (Phi) is 6.45. The summed E-state index contributed by atoms with van der Waals surface area (Å²) in [4.78, 5) is 25.0. The Hall–Kier alpha value is -2.25. The van der Waals surface area contributed by atoms with Crippen LogP contribution >= 0.6 is 0 Å². The maximum atomic E-state index is 12.9. The molecular formula is C17H22F3NO4. The Morgan fingerprint density at radius 2 is 1.84 bits per heavy atom. The molecule has 0 heterocycles. The third kappa shape index (κ3) is 5.95. The van der Waals surface area contributed by atoms with E-state index >= 15 is 0 Å². The number of carbonyl (C=O) groups is 2. The molecule has 0 saturated carbocycles. The van der Waals surface area contributed by atoms with E-state index < -0.39 is 35.4 Å². The van der Waals surface area contributed by atoms with Crippen LogP contribution in [-0.4, -0.2) is 34.2 Å². The molecule has 1 aromatic carbocycles. The van der Waals surface area contributed by atoms with Crippen LogP contribution in [0.15, 0.2) is 24.3 Å². The Balaban J connectivity index is 3.31. The number of nitrogens with zero attached hydrogens (tertiary/aromatic N) is 1. The molecule has 140 valence electrons. The number of carboxylic acids is 1. The topological polar surface area (TPSA) is 66.8 Å². The number of halogens is 3. The van der Waals surface area contributed by atoms with E-state index in [2.05, 4.69) is 0 Å². The first-order valence-corrected chi connectivity index (χ1v) is 7.76. The fourth-order valence-corrected chi connectivity index (χ4v) is 2.23. The fraction of sp³-hybridized carbons (Fsp3) is 0.529. The second-order valence-electron chi connectivity index (χ2n) is 6.54. The minimum absolute atomic E-state index is 0.0299. The van der Waals surface area contributed by atoms with E-state index in [0.717, 1.165) is 23.1 Å². The summed E-state index contributed by atoms with van der Waals surface area (Å²) in [5.74, 6) is -1.43. The second kappa shape index (κ2) is 7.76. The van der Waals surface area contributed by atoms with Gasteiger partial charge in [0.15, 0.2) is 6.04 Å². The highest BCUT2D eigenvalue weighted by molar-refractivity contribution is 5.81. The fourth-order valence-electron chi connectivity index (χ4n) is 2.23. The molecule has 25 heavy (non-hydrogen) atoms. The number of rotatable bonds is 5. The molecule has 0 fully saturated rings. The van der Waals surface area contributed by atoms with Gasteiger partial charge in [0, 0.05) is 6.54 Å². The van der Waals surface area contributed by atoms with Gasteiger partial charge in [-0.15, -0.1) is 0 Å². The molecule has 1 rings (SSSR count). The standard InChI is InChI=1S/C17H22F3NO4/c1-5-9-21(15(24)25-16(2,3)4)13(14(22)23)11-7-6-8-12(10-11)17(18,19)20/h6-8,10,13H,5,9H2,1-4H3,(H,22,23). The molecule has 0 bridgehead atoms. The Bertz CT molecular complexity index is 623. The maximum Gasteiger partial charge on any atom is 0.416 e. The van der Waals surface area contributed by atoms with E-state index in [1.165, 1.54) is 6.07 Å². The third-order valence-electron chi connectivity index (χ3n) is 3.17. The predicted molar refractivity (Wildman–Crippen MR) is 85.1 cm³/mol. The number of ether oxygens (including phenoxy) is 1. The Morgan fingerprint density at radius 1 is 1.24 bits per heavy atom. The molecule has 1 N–H and O–H groups in total. The van der Waals surface area contributed by atoms with Gasteiger partial charge in [0.05, 0.1) is 5.56 Å². The molecule has 0 aliphatic heterocycles. The maximum absolute atomic E-state index is 12.9. The lowest BCUT2D eigenvalue weighted by Crippen LogP contribution is -2.42. The molecule has 0 saturated heterocycles. The molecule has 0 aliphatic rings. The van der Waals surface area contributed by atoms with Gasteiger partial charge in [0.2, 0.25) is 0 Å². The van der Waals surface area contributed by atoms with Gasteiger partial charge in [0.25, 0.3) is 0 Å². The lowest BCUT2D eigenvalue weighted by atomic mass is 10.0. The number of carboxylic acid groups (broad SMARTS) is 1. The Morgan fingerprint density at radius 3 is 2.28 bits per heavy atom. The summed E-state index contributed by atoms with van der Waals surface area (Å²) in [5.41, 5.74) is -1.97. The molecule has 0 spiro atoms. The van der Waals surface area contributed by atoms with Crippen molar-refractivity contribution >= 4 is 12.1 Å². The summed E-state index contributed by atoms with van der Waals surface area (Å²) in [6.07, 6.45) is -5.08. The van der Waals surface area contributed by atoms with E-state index in [9.17, 15) is 27.9 Å². The van der Waals surface area contributed by atoms with Gasteiger partial charge in [-0.3, -0.25) is 4.90 Å². The number of alkyl halides is 3. The van der Waals surface area contributed by atoms with Crippen molar-refractivity contribution in [1.29, 1.82) is 0 Å². The first-order valence-electron chi connectivity index (χ1n) is 7.76. The largest absolute Gasteiger partial charge is 0.479 e. The number of aliphatic carboxylic acids is 1. The summed E-state index contributed by atoms with van der Waals surface area (Å²) < 4.78 is 43.9. The molecule has 8 heteroatoms. The van der Waals surface area contributed by atoms with Gasteiger partial charge in [-0.05, 0) is 44.9 Å². The summed E-state index contributed by atoms with van der Waals surface area (Å²) >= 11 is 0. The highest BCUT2D eigenvalue weighted by Crippen LogP contribution is 2.32. The van der Waals surface area contributed by atoms with Crippen LogP contribution in [0.4, 0.5) is 18.0 Å². The number of hydrogen-bond donors (Lipinski definition) is 1. The van der Waals surface area contributed by atoms with E-state index in [1.807, 2.05) is 0 Å². The van der Waals surface area contributed by atoms with E-state index in [1.54, 1.807) is 27.7 Å². The lowest BCUT2D eigenvalue weighted by Gasteiger charge is -2.31. The minimum Gasteiger partial charge on any atom is -0.479 e. The van der Waals surface area contributed by atoms with Crippen molar-refractivity contribution in [2.24, 2.45) is 0 Å². The zero-order chi connectivity index (χ0) is 19.4. The van der Waals surface area contributed by atoms with Crippen LogP contribution in [-0.2, 0) is 15.7 Å². The van der Waals surface area contributed by atoms with Gasteiger partial charge in [-0.1, -0.05) is 19.1 Å². The van der Waals surface area contributed by atoms with Gasteiger partial charge < -0.3 is 9.84 Å². The molecule has 0 aliphatic carbocycles. The summed E-state index contributed by atoms with van der Waals surface area (Å²) in [6.45, 7) is 6.61. The van der Waals surface area contributed by atoms with E-state index in [4.69, 9.17) is 4.74 Å². The minimum atomic E-state index is -4.61. The molecule has 1 amide bonds. The molecule has 1 unspecified atom stereocenters. The number of carbonyl (C=O) groups excluding carboxylic acids is 1. The first-order chi connectivity index (χ1) is 11.4. The highest BCUT2D eigenvalue weighted by Gasteiger charge is 2.36. The molecule has 0 aromatic heterocycles. The zero-order valence-electron chi connectivity index (χ0n) is 14.6. The predicted octanol–water partition coefficient (Wildman–Crippen LogP) is 4.48. The first kappa shape index (κ1) is 20.8. The quantitative estimate of drug-likeness (QED) is 0.840. The summed E-state index contributed by atoms with van der Waals surface area (Å²) in [5, 5.41) is 9.53. The third-order valence-corrected chi connectivity index (χ3v) is 3.17. The summed E-state index contributed by atoms with van der Waals surface area (Å²) in [7, 11) is 0. The van der Waals surface area contributed by atoms with Crippen molar-refractivity contribution in [1.82, 2.24) is 4.90 Å².